The summed E-state index contributed by atoms with van der Waals surface area (Å²) in [6, 6.07) is 0. The molecule has 2 heteroatoms. The van der Waals surface area contributed by atoms with E-state index >= 15 is 0 Å². The van der Waals surface area contributed by atoms with Gasteiger partial charge in [0.25, 0.3) is 0 Å². The number of hydrogen-bond acceptors (Lipinski definition) is 1. The Morgan fingerprint density at radius 1 is 1.33 bits per heavy atom. The lowest BCUT2D eigenvalue weighted by Gasteiger charge is -2.06. The van der Waals surface area contributed by atoms with E-state index in [1.807, 2.05) is 0 Å². The minimum atomic E-state index is 0.938. The molecule has 9 heavy (non-hydrogen) atoms. The van der Waals surface area contributed by atoms with E-state index in [1.165, 1.54) is 23.7 Å². The van der Waals surface area contributed by atoms with Gasteiger partial charge in [-0.25, -0.2) is 0 Å². The standard InChI is InChI=1S/C7H13IO/c8-6-7-2-1-4-9-5-3-7/h7H,1-6H2. The summed E-state index contributed by atoms with van der Waals surface area (Å²) < 4.78 is 6.63. The molecule has 1 fully saturated rings. The molecule has 1 aliphatic heterocycles. The fourth-order valence-corrected chi connectivity index (χ4v) is 2.01. The Morgan fingerprint density at radius 2 is 2.22 bits per heavy atom. The zero-order valence-corrected chi connectivity index (χ0v) is 7.76. The van der Waals surface area contributed by atoms with E-state index in [2.05, 4.69) is 22.6 Å². The Balaban J connectivity index is 2.18. The summed E-state index contributed by atoms with van der Waals surface area (Å²) in [5.74, 6) is 0.938. The molecular formula is C7H13IO. The summed E-state index contributed by atoms with van der Waals surface area (Å²) >= 11 is 2.47. The highest BCUT2D eigenvalue weighted by molar-refractivity contribution is 14.1. The normalized spacial score (nSPS) is 29.7. The van der Waals surface area contributed by atoms with Crippen molar-refractivity contribution in [2.45, 2.75) is 19.3 Å². The Kier molecular flexibility index (Phi) is 3.89. The van der Waals surface area contributed by atoms with Gasteiger partial charge in [0.05, 0.1) is 0 Å². The lowest BCUT2D eigenvalue weighted by molar-refractivity contribution is 0.142. The molecule has 54 valence electrons. The highest BCUT2D eigenvalue weighted by Crippen LogP contribution is 2.17. The molecule has 1 saturated heterocycles. The van der Waals surface area contributed by atoms with Crippen molar-refractivity contribution in [2.75, 3.05) is 17.6 Å². The van der Waals surface area contributed by atoms with Crippen molar-refractivity contribution in [2.24, 2.45) is 5.92 Å². The first-order valence-electron chi connectivity index (χ1n) is 3.57. The Bertz CT molecular complexity index is 67.3. The van der Waals surface area contributed by atoms with Crippen molar-refractivity contribution in [3.8, 4) is 0 Å². The fraction of sp³-hybridized carbons (Fsp3) is 1.00. The second-order valence-electron chi connectivity index (χ2n) is 2.56. The van der Waals surface area contributed by atoms with Gasteiger partial charge in [0.1, 0.15) is 0 Å². The van der Waals surface area contributed by atoms with E-state index < -0.39 is 0 Å². The molecule has 0 aromatic rings. The summed E-state index contributed by atoms with van der Waals surface area (Å²) in [4.78, 5) is 0. The Labute approximate surface area is 70.3 Å². The van der Waals surface area contributed by atoms with Crippen LogP contribution in [0, 0.1) is 5.92 Å². The maximum Gasteiger partial charge on any atom is 0.0468 e. The molecule has 0 aromatic heterocycles. The molecule has 1 atom stereocenters. The summed E-state index contributed by atoms with van der Waals surface area (Å²) in [5, 5.41) is 0. The van der Waals surface area contributed by atoms with E-state index in [0.717, 1.165) is 19.1 Å². The van der Waals surface area contributed by atoms with Gasteiger partial charge < -0.3 is 4.74 Å². The van der Waals surface area contributed by atoms with Gasteiger partial charge in [0.15, 0.2) is 0 Å². The molecule has 0 bridgehead atoms. The summed E-state index contributed by atoms with van der Waals surface area (Å²) in [6.07, 6.45) is 3.93. The summed E-state index contributed by atoms with van der Waals surface area (Å²) in [5.41, 5.74) is 0. The van der Waals surface area contributed by atoms with Crippen LogP contribution in [-0.4, -0.2) is 17.6 Å². The third-order valence-electron chi connectivity index (χ3n) is 1.79. The highest BCUT2D eigenvalue weighted by atomic mass is 127. The van der Waals surface area contributed by atoms with Crippen molar-refractivity contribution in [1.29, 1.82) is 0 Å². The highest BCUT2D eigenvalue weighted by Gasteiger charge is 2.09. The third-order valence-corrected chi connectivity index (χ3v) is 3.04. The lowest BCUT2D eigenvalue weighted by Crippen LogP contribution is -2.01. The predicted molar refractivity (Wildman–Crippen MR) is 47.0 cm³/mol. The molecule has 0 amide bonds. The number of alkyl halides is 1. The van der Waals surface area contributed by atoms with Gasteiger partial charge in [-0.2, -0.15) is 0 Å². The topological polar surface area (TPSA) is 9.23 Å². The molecule has 1 rings (SSSR count). The average molecular weight is 240 g/mol. The van der Waals surface area contributed by atoms with Crippen molar-refractivity contribution < 1.29 is 4.74 Å². The zero-order valence-electron chi connectivity index (χ0n) is 5.61. The number of halogens is 1. The second kappa shape index (κ2) is 4.50. The SMILES string of the molecule is ICC1CCCOCC1. The van der Waals surface area contributed by atoms with Crippen LogP contribution < -0.4 is 0 Å². The first-order chi connectivity index (χ1) is 4.43. The van der Waals surface area contributed by atoms with Crippen LogP contribution in [0.5, 0.6) is 0 Å². The summed E-state index contributed by atoms with van der Waals surface area (Å²) in [6.45, 7) is 1.99. The quantitative estimate of drug-likeness (QED) is 0.504. The van der Waals surface area contributed by atoms with Gasteiger partial charge in [-0.1, -0.05) is 22.6 Å². The first kappa shape index (κ1) is 7.79. The number of hydrogen-bond donors (Lipinski definition) is 0. The van der Waals surface area contributed by atoms with Gasteiger partial charge in [-0.15, -0.1) is 0 Å². The molecule has 0 spiro atoms. The molecule has 0 saturated carbocycles. The minimum absolute atomic E-state index is 0.938. The molecule has 0 N–H and O–H groups in total. The van der Waals surface area contributed by atoms with E-state index in [1.54, 1.807) is 0 Å². The average Bonchev–Trinajstić information content (AvgIpc) is 2.13. The van der Waals surface area contributed by atoms with Crippen LogP contribution in [-0.2, 0) is 4.74 Å². The van der Waals surface area contributed by atoms with Crippen LogP contribution in [0.2, 0.25) is 0 Å². The van der Waals surface area contributed by atoms with Crippen molar-refractivity contribution >= 4 is 22.6 Å². The van der Waals surface area contributed by atoms with E-state index in [4.69, 9.17) is 4.74 Å². The maximum absolute atomic E-state index is 5.32. The van der Waals surface area contributed by atoms with Gasteiger partial charge >= 0.3 is 0 Å². The van der Waals surface area contributed by atoms with Crippen molar-refractivity contribution in [3.63, 3.8) is 0 Å². The van der Waals surface area contributed by atoms with E-state index in [9.17, 15) is 0 Å². The van der Waals surface area contributed by atoms with Crippen LogP contribution in [0.1, 0.15) is 19.3 Å². The first-order valence-corrected chi connectivity index (χ1v) is 5.09. The predicted octanol–water partition coefficient (Wildman–Crippen LogP) is 2.24. The van der Waals surface area contributed by atoms with Crippen molar-refractivity contribution in [1.82, 2.24) is 0 Å². The molecule has 1 nitrogen and oxygen atoms in total. The third kappa shape index (κ3) is 2.85. The fourth-order valence-electron chi connectivity index (χ4n) is 1.12. The largest absolute Gasteiger partial charge is 0.381 e. The van der Waals surface area contributed by atoms with Gasteiger partial charge in [-0.3, -0.25) is 0 Å². The van der Waals surface area contributed by atoms with Gasteiger partial charge in [0.2, 0.25) is 0 Å². The monoisotopic (exact) mass is 240 g/mol. The maximum atomic E-state index is 5.32. The van der Waals surface area contributed by atoms with Crippen LogP contribution in [0.3, 0.4) is 0 Å². The van der Waals surface area contributed by atoms with Crippen LogP contribution in [0.15, 0.2) is 0 Å². The minimum Gasteiger partial charge on any atom is -0.381 e. The van der Waals surface area contributed by atoms with E-state index in [0.29, 0.717) is 0 Å². The number of rotatable bonds is 1. The molecule has 0 radical (unpaired) electrons. The summed E-state index contributed by atoms with van der Waals surface area (Å²) in [7, 11) is 0. The van der Waals surface area contributed by atoms with Crippen LogP contribution in [0.25, 0.3) is 0 Å². The Hall–Kier alpha value is 0.690. The lowest BCUT2D eigenvalue weighted by atomic mass is 10.0. The smallest absolute Gasteiger partial charge is 0.0468 e. The van der Waals surface area contributed by atoms with Crippen LogP contribution >= 0.6 is 22.6 Å². The van der Waals surface area contributed by atoms with E-state index in [-0.39, 0.29) is 0 Å². The molecule has 1 aliphatic rings. The Morgan fingerprint density at radius 3 is 3.00 bits per heavy atom. The molecule has 0 aromatic carbocycles. The van der Waals surface area contributed by atoms with Crippen LogP contribution in [0.4, 0.5) is 0 Å². The number of ether oxygens (including phenoxy) is 1. The molecule has 0 aliphatic carbocycles. The molecule has 1 unspecified atom stereocenters. The second-order valence-corrected chi connectivity index (χ2v) is 3.44. The zero-order chi connectivity index (χ0) is 6.53. The molecular weight excluding hydrogens is 227 g/mol. The molecule has 1 heterocycles. The van der Waals surface area contributed by atoms with Gasteiger partial charge in [-0.05, 0) is 25.2 Å². The van der Waals surface area contributed by atoms with Crippen molar-refractivity contribution in [3.05, 3.63) is 0 Å². The van der Waals surface area contributed by atoms with Gasteiger partial charge in [0, 0.05) is 17.6 Å².